The third-order valence-corrected chi connectivity index (χ3v) is 2.43. The molecule has 0 amide bonds. The standard InChI is InChI=1S/C12H12N4O3/c1-19-11-4-2-3-9(5-11)6-13-12-14-7-10(8-15-12)16(17)18/h2-5,7-8H,6H2,1H3,(H,13,14,15). The minimum Gasteiger partial charge on any atom is -0.497 e. The second kappa shape index (κ2) is 5.76. The van der Waals surface area contributed by atoms with Gasteiger partial charge in [0.2, 0.25) is 5.95 Å². The second-order valence-corrected chi connectivity index (χ2v) is 3.73. The summed E-state index contributed by atoms with van der Waals surface area (Å²) < 4.78 is 5.11. The lowest BCUT2D eigenvalue weighted by Gasteiger charge is -2.06. The zero-order valence-electron chi connectivity index (χ0n) is 10.2. The zero-order chi connectivity index (χ0) is 13.7. The minimum absolute atomic E-state index is 0.132. The van der Waals surface area contributed by atoms with Crippen molar-refractivity contribution in [3.05, 3.63) is 52.3 Å². The van der Waals surface area contributed by atoms with Crippen molar-refractivity contribution in [2.75, 3.05) is 12.4 Å². The molecule has 1 aromatic heterocycles. The summed E-state index contributed by atoms with van der Waals surface area (Å²) in [6.07, 6.45) is 2.34. The maximum absolute atomic E-state index is 10.5. The van der Waals surface area contributed by atoms with Gasteiger partial charge in [-0.05, 0) is 17.7 Å². The lowest BCUT2D eigenvalue weighted by molar-refractivity contribution is -0.385. The maximum atomic E-state index is 10.5. The number of nitrogens with zero attached hydrogens (tertiary/aromatic N) is 3. The van der Waals surface area contributed by atoms with Crippen molar-refractivity contribution in [2.45, 2.75) is 6.54 Å². The Morgan fingerprint density at radius 2 is 2.11 bits per heavy atom. The highest BCUT2D eigenvalue weighted by Gasteiger charge is 2.06. The molecule has 0 spiro atoms. The first kappa shape index (κ1) is 12.7. The Bertz CT molecular complexity index is 571. The van der Waals surface area contributed by atoms with Gasteiger partial charge in [0.1, 0.15) is 18.1 Å². The van der Waals surface area contributed by atoms with Gasteiger partial charge in [0.25, 0.3) is 0 Å². The van der Waals surface area contributed by atoms with Gasteiger partial charge >= 0.3 is 5.69 Å². The summed E-state index contributed by atoms with van der Waals surface area (Å²) in [5.41, 5.74) is 0.869. The van der Waals surface area contributed by atoms with Crippen molar-refractivity contribution < 1.29 is 9.66 Å². The van der Waals surface area contributed by atoms with E-state index >= 15 is 0 Å². The van der Waals surface area contributed by atoms with E-state index in [0.717, 1.165) is 11.3 Å². The average Bonchev–Trinajstić information content (AvgIpc) is 2.46. The molecule has 0 saturated carbocycles. The van der Waals surface area contributed by atoms with Crippen LogP contribution >= 0.6 is 0 Å². The lowest BCUT2D eigenvalue weighted by atomic mass is 10.2. The van der Waals surface area contributed by atoms with Gasteiger partial charge in [-0.25, -0.2) is 9.97 Å². The molecule has 0 saturated heterocycles. The molecule has 7 nitrogen and oxygen atoms in total. The number of nitro groups is 1. The molecule has 0 radical (unpaired) electrons. The average molecular weight is 260 g/mol. The number of anilines is 1. The van der Waals surface area contributed by atoms with Gasteiger partial charge in [-0.3, -0.25) is 10.1 Å². The van der Waals surface area contributed by atoms with Gasteiger partial charge < -0.3 is 10.1 Å². The molecule has 7 heteroatoms. The van der Waals surface area contributed by atoms with Gasteiger partial charge in [0.05, 0.1) is 12.0 Å². The van der Waals surface area contributed by atoms with E-state index in [2.05, 4.69) is 15.3 Å². The maximum Gasteiger partial charge on any atom is 0.305 e. The first-order valence-corrected chi connectivity index (χ1v) is 5.52. The van der Waals surface area contributed by atoms with Crippen molar-refractivity contribution in [2.24, 2.45) is 0 Å². The normalized spacial score (nSPS) is 9.95. The van der Waals surface area contributed by atoms with Crippen molar-refractivity contribution in [3.8, 4) is 5.75 Å². The van der Waals surface area contributed by atoms with Crippen molar-refractivity contribution >= 4 is 11.6 Å². The van der Waals surface area contributed by atoms with Crippen LogP contribution in [0.1, 0.15) is 5.56 Å². The van der Waals surface area contributed by atoms with Crippen LogP contribution < -0.4 is 10.1 Å². The zero-order valence-corrected chi connectivity index (χ0v) is 10.2. The smallest absolute Gasteiger partial charge is 0.305 e. The van der Waals surface area contributed by atoms with E-state index in [1.807, 2.05) is 24.3 Å². The Morgan fingerprint density at radius 1 is 1.37 bits per heavy atom. The Hall–Kier alpha value is -2.70. The van der Waals surface area contributed by atoms with Crippen molar-refractivity contribution in [1.82, 2.24) is 9.97 Å². The molecule has 98 valence electrons. The van der Waals surface area contributed by atoms with E-state index in [1.165, 1.54) is 12.4 Å². The SMILES string of the molecule is COc1cccc(CNc2ncc([N+](=O)[O-])cn2)c1. The van der Waals surface area contributed by atoms with Crippen LogP contribution in [0, 0.1) is 10.1 Å². The number of hydrogen-bond acceptors (Lipinski definition) is 6. The first-order chi connectivity index (χ1) is 9.19. The molecular weight excluding hydrogens is 248 g/mol. The second-order valence-electron chi connectivity index (χ2n) is 3.73. The van der Waals surface area contributed by atoms with Crippen molar-refractivity contribution in [3.63, 3.8) is 0 Å². The molecule has 1 N–H and O–H groups in total. The molecule has 1 heterocycles. The van der Waals surface area contributed by atoms with Crippen molar-refractivity contribution in [1.29, 1.82) is 0 Å². The number of ether oxygens (including phenoxy) is 1. The summed E-state index contributed by atoms with van der Waals surface area (Å²) in [5, 5.41) is 13.4. The highest BCUT2D eigenvalue weighted by molar-refractivity contribution is 5.34. The molecular formula is C12H12N4O3. The number of hydrogen-bond donors (Lipinski definition) is 1. The number of aromatic nitrogens is 2. The topological polar surface area (TPSA) is 90.2 Å². The molecule has 2 aromatic rings. The molecule has 2 rings (SSSR count). The molecule has 0 aliphatic heterocycles. The Kier molecular flexibility index (Phi) is 3.87. The molecule has 19 heavy (non-hydrogen) atoms. The molecule has 0 aliphatic rings. The van der Waals surface area contributed by atoms with Gasteiger partial charge in [-0.15, -0.1) is 0 Å². The fourth-order valence-corrected chi connectivity index (χ4v) is 1.47. The third-order valence-electron chi connectivity index (χ3n) is 2.43. The van der Waals surface area contributed by atoms with Crippen LogP contribution in [0.15, 0.2) is 36.7 Å². The molecule has 0 bridgehead atoms. The first-order valence-electron chi connectivity index (χ1n) is 5.52. The van der Waals surface area contributed by atoms with Crippen LogP contribution in [0.2, 0.25) is 0 Å². The Labute approximate surface area is 109 Å². The van der Waals surface area contributed by atoms with Crippen LogP contribution in [0.3, 0.4) is 0 Å². The molecule has 1 aromatic carbocycles. The summed E-state index contributed by atoms with van der Waals surface area (Å²) in [6, 6.07) is 7.55. The monoisotopic (exact) mass is 260 g/mol. The van der Waals surface area contributed by atoms with E-state index in [9.17, 15) is 10.1 Å². The Balaban J connectivity index is 1.99. The lowest BCUT2D eigenvalue weighted by Crippen LogP contribution is -2.04. The van der Waals surface area contributed by atoms with Crippen LogP contribution in [-0.2, 0) is 6.54 Å². The summed E-state index contributed by atoms with van der Waals surface area (Å²) in [7, 11) is 1.60. The van der Waals surface area contributed by atoms with Crippen LogP contribution in [0.5, 0.6) is 5.75 Å². The minimum atomic E-state index is -0.536. The number of benzene rings is 1. The Morgan fingerprint density at radius 3 is 2.74 bits per heavy atom. The van der Waals surface area contributed by atoms with Crippen LogP contribution in [0.4, 0.5) is 11.6 Å². The van der Waals surface area contributed by atoms with E-state index in [4.69, 9.17) is 4.74 Å². The fraction of sp³-hybridized carbons (Fsp3) is 0.167. The molecule has 0 atom stereocenters. The molecule has 0 unspecified atom stereocenters. The summed E-state index contributed by atoms with van der Waals surface area (Å²) in [4.78, 5) is 17.6. The number of nitrogens with one attached hydrogen (secondary N) is 1. The van der Waals surface area contributed by atoms with Crippen LogP contribution in [0.25, 0.3) is 0 Å². The van der Waals surface area contributed by atoms with Gasteiger partial charge in [-0.2, -0.15) is 0 Å². The van der Waals surface area contributed by atoms with E-state index in [1.54, 1.807) is 7.11 Å². The highest BCUT2D eigenvalue weighted by Crippen LogP contribution is 2.14. The summed E-state index contributed by atoms with van der Waals surface area (Å²) >= 11 is 0. The van der Waals surface area contributed by atoms with Gasteiger partial charge in [0, 0.05) is 6.54 Å². The van der Waals surface area contributed by atoms with E-state index in [-0.39, 0.29) is 5.69 Å². The van der Waals surface area contributed by atoms with Gasteiger partial charge in [0.15, 0.2) is 0 Å². The summed E-state index contributed by atoms with van der Waals surface area (Å²) in [5.74, 6) is 1.11. The predicted molar refractivity (Wildman–Crippen MR) is 69.0 cm³/mol. The summed E-state index contributed by atoms with van der Waals surface area (Å²) in [6.45, 7) is 0.509. The number of methoxy groups -OCH3 is 1. The fourth-order valence-electron chi connectivity index (χ4n) is 1.47. The highest BCUT2D eigenvalue weighted by atomic mass is 16.6. The molecule has 0 fully saturated rings. The quantitative estimate of drug-likeness (QED) is 0.653. The van der Waals surface area contributed by atoms with Gasteiger partial charge in [-0.1, -0.05) is 12.1 Å². The number of rotatable bonds is 5. The van der Waals surface area contributed by atoms with E-state index in [0.29, 0.717) is 12.5 Å². The van der Waals surface area contributed by atoms with Crippen LogP contribution in [-0.4, -0.2) is 22.0 Å². The molecule has 0 aliphatic carbocycles. The predicted octanol–water partition coefficient (Wildman–Crippen LogP) is 2.01. The largest absolute Gasteiger partial charge is 0.497 e. The van der Waals surface area contributed by atoms with E-state index < -0.39 is 4.92 Å². The third kappa shape index (κ3) is 3.38.